The molecule has 4 nitrogen and oxygen atoms in total. The van der Waals surface area contributed by atoms with Gasteiger partial charge in [-0.15, -0.1) is 0 Å². The van der Waals surface area contributed by atoms with Gasteiger partial charge in [0.2, 0.25) is 11.7 Å². The molecular weight excluding hydrogens is 357 g/mol. The van der Waals surface area contributed by atoms with Gasteiger partial charge in [-0.05, 0) is 20.8 Å². The van der Waals surface area contributed by atoms with Crippen LogP contribution < -0.4 is 5.32 Å². The lowest BCUT2D eigenvalue weighted by Gasteiger charge is -2.16. The Bertz CT molecular complexity index is 808. The molecule has 0 radical (unpaired) electrons. The largest absolute Gasteiger partial charge is 0.319 e. The van der Waals surface area contributed by atoms with Crippen LogP contribution >= 0.6 is 11.6 Å². The Kier molecular flexibility index (Phi) is 4.84. The minimum Gasteiger partial charge on any atom is -0.319 e. The average Bonchev–Trinajstić information content (AvgIpc) is 2.81. The first kappa shape index (κ1) is 18.2. The zero-order valence-electron chi connectivity index (χ0n) is 12.6. The summed E-state index contributed by atoms with van der Waals surface area (Å²) in [5, 5.41) is 5.99. The fourth-order valence-electron chi connectivity index (χ4n) is 2.07. The molecule has 2 rings (SSSR count). The van der Waals surface area contributed by atoms with Crippen molar-refractivity contribution in [2.24, 2.45) is 0 Å². The molecule has 0 aliphatic carbocycles. The van der Waals surface area contributed by atoms with Gasteiger partial charge in [0.25, 0.3) is 0 Å². The number of amides is 1. The van der Waals surface area contributed by atoms with E-state index in [4.69, 9.17) is 11.6 Å². The van der Waals surface area contributed by atoms with Gasteiger partial charge in [-0.25, -0.2) is 22.0 Å². The van der Waals surface area contributed by atoms with E-state index in [0.717, 1.165) is 0 Å². The van der Waals surface area contributed by atoms with Crippen LogP contribution in [0, 0.1) is 42.9 Å². The quantitative estimate of drug-likeness (QED) is 0.505. The van der Waals surface area contributed by atoms with Crippen molar-refractivity contribution in [2.75, 3.05) is 5.32 Å². The van der Waals surface area contributed by atoms with Crippen molar-refractivity contribution in [1.82, 2.24) is 9.78 Å². The van der Waals surface area contributed by atoms with Crippen LogP contribution in [-0.4, -0.2) is 15.7 Å². The fourth-order valence-corrected chi connectivity index (χ4v) is 2.20. The minimum absolute atomic E-state index is 0.297. The fraction of sp³-hybridized carbons (Fsp3) is 0.286. The van der Waals surface area contributed by atoms with Crippen LogP contribution in [0.2, 0.25) is 5.02 Å². The summed E-state index contributed by atoms with van der Waals surface area (Å²) < 4.78 is 67.7. The van der Waals surface area contributed by atoms with E-state index in [-0.39, 0.29) is 0 Å². The number of carbonyl (C=O) groups is 1. The van der Waals surface area contributed by atoms with E-state index in [1.165, 1.54) is 11.6 Å². The zero-order valence-corrected chi connectivity index (χ0v) is 13.4. The highest BCUT2D eigenvalue weighted by molar-refractivity contribution is 6.31. The van der Waals surface area contributed by atoms with Gasteiger partial charge in [0.1, 0.15) is 11.7 Å². The predicted molar refractivity (Wildman–Crippen MR) is 76.3 cm³/mol. The number of nitrogens with one attached hydrogen (secondary N) is 1. The molecule has 2 aromatic rings. The van der Waals surface area contributed by atoms with E-state index in [9.17, 15) is 26.7 Å². The van der Waals surface area contributed by atoms with Crippen LogP contribution in [0.5, 0.6) is 0 Å². The Morgan fingerprint density at radius 2 is 1.50 bits per heavy atom. The van der Waals surface area contributed by atoms with Crippen LogP contribution in [0.25, 0.3) is 0 Å². The summed E-state index contributed by atoms with van der Waals surface area (Å²) in [7, 11) is 0. The lowest BCUT2D eigenvalue weighted by atomic mass is 10.2. The predicted octanol–water partition coefficient (Wildman–Crippen LogP) is 4.05. The molecule has 1 aromatic heterocycles. The highest BCUT2D eigenvalue weighted by Gasteiger charge is 2.29. The number of anilines is 1. The summed E-state index contributed by atoms with van der Waals surface area (Å²) in [4.78, 5) is 12.1. The number of hydrogen-bond donors (Lipinski definition) is 1. The van der Waals surface area contributed by atoms with Crippen LogP contribution in [0.4, 0.5) is 27.6 Å². The smallest absolute Gasteiger partial charge is 0.249 e. The average molecular weight is 368 g/mol. The van der Waals surface area contributed by atoms with Crippen molar-refractivity contribution >= 4 is 23.2 Å². The summed E-state index contributed by atoms with van der Waals surface area (Å²) in [6.07, 6.45) is 0. The highest BCUT2D eigenvalue weighted by atomic mass is 35.5. The third-order valence-corrected chi connectivity index (χ3v) is 3.99. The molecule has 1 atom stereocenters. The van der Waals surface area contributed by atoms with Gasteiger partial charge in [0, 0.05) is 0 Å². The van der Waals surface area contributed by atoms with E-state index in [1.807, 2.05) is 0 Å². The molecule has 10 heteroatoms. The number of hydrogen-bond acceptors (Lipinski definition) is 2. The van der Waals surface area contributed by atoms with Gasteiger partial charge in [-0.2, -0.15) is 5.10 Å². The van der Waals surface area contributed by atoms with Crippen molar-refractivity contribution in [1.29, 1.82) is 0 Å². The maximum atomic E-state index is 13.6. The second-order valence-corrected chi connectivity index (χ2v) is 5.42. The Hall–Kier alpha value is -2.16. The van der Waals surface area contributed by atoms with E-state index in [2.05, 4.69) is 5.10 Å². The second kappa shape index (κ2) is 6.39. The minimum atomic E-state index is -2.30. The normalized spacial score (nSPS) is 12.4. The summed E-state index contributed by atoms with van der Waals surface area (Å²) in [5.74, 6) is -11.9. The van der Waals surface area contributed by atoms with E-state index in [0.29, 0.717) is 16.4 Å². The first-order valence-electron chi connectivity index (χ1n) is 6.61. The van der Waals surface area contributed by atoms with Crippen molar-refractivity contribution in [3.8, 4) is 0 Å². The van der Waals surface area contributed by atoms with Gasteiger partial charge < -0.3 is 5.32 Å². The number of aromatic nitrogens is 2. The number of rotatable bonds is 3. The van der Waals surface area contributed by atoms with Crippen LogP contribution in [0.1, 0.15) is 24.4 Å². The molecule has 130 valence electrons. The SMILES string of the molecule is Cc1nn(C(C)C(=O)Nc2c(F)c(F)c(F)c(F)c2F)c(C)c1Cl. The summed E-state index contributed by atoms with van der Waals surface area (Å²) >= 11 is 5.94. The van der Waals surface area contributed by atoms with Crippen LogP contribution in [0.15, 0.2) is 0 Å². The van der Waals surface area contributed by atoms with Crippen molar-refractivity contribution < 1.29 is 26.7 Å². The zero-order chi connectivity index (χ0) is 18.3. The third kappa shape index (κ3) is 2.83. The maximum Gasteiger partial charge on any atom is 0.249 e. The highest BCUT2D eigenvalue weighted by Crippen LogP contribution is 2.28. The van der Waals surface area contributed by atoms with Gasteiger partial charge in [0.05, 0.1) is 16.4 Å². The van der Waals surface area contributed by atoms with Gasteiger partial charge in [-0.3, -0.25) is 9.48 Å². The monoisotopic (exact) mass is 367 g/mol. The summed E-state index contributed by atoms with van der Waals surface area (Å²) in [5.41, 5.74) is -0.588. The molecule has 0 aliphatic heterocycles. The number of aryl methyl sites for hydroxylation is 1. The first-order valence-corrected chi connectivity index (χ1v) is 6.99. The number of halogens is 6. The third-order valence-electron chi connectivity index (χ3n) is 3.44. The topological polar surface area (TPSA) is 46.9 Å². The van der Waals surface area contributed by atoms with Gasteiger partial charge in [0.15, 0.2) is 23.3 Å². The summed E-state index contributed by atoms with van der Waals surface area (Å²) in [6, 6.07) is -1.11. The lowest BCUT2D eigenvalue weighted by molar-refractivity contribution is -0.119. The maximum absolute atomic E-state index is 13.6. The molecule has 0 saturated carbocycles. The number of carbonyl (C=O) groups excluding carboxylic acids is 1. The second-order valence-electron chi connectivity index (χ2n) is 5.04. The molecule has 1 aromatic carbocycles. The van der Waals surface area contributed by atoms with Crippen LogP contribution in [0.3, 0.4) is 0 Å². The van der Waals surface area contributed by atoms with Gasteiger partial charge in [-0.1, -0.05) is 11.6 Å². The van der Waals surface area contributed by atoms with Crippen molar-refractivity contribution in [3.05, 3.63) is 45.5 Å². The molecule has 1 unspecified atom stereocenters. The Morgan fingerprint density at radius 1 is 1.04 bits per heavy atom. The van der Waals surface area contributed by atoms with Crippen molar-refractivity contribution in [2.45, 2.75) is 26.8 Å². The molecule has 0 fully saturated rings. The van der Waals surface area contributed by atoms with E-state index < -0.39 is 46.7 Å². The first-order chi connectivity index (χ1) is 11.1. The number of nitrogens with zero attached hydrogens (tertiary/aromatic N) is 2. The molecule has 1 heterocycles. The van der Waals surface area contributed by atoms with E-state index >= 15 is 0 Å². The molecule has 0 spiro atoms. The molecule has 0 aliphatic rings. The molecular formula is C14H11ClF5N3O. The lowest BCUT2D eigenvalue weighted by Crippen LogP contribution is -2.26. The van der Waals surface area contributed by atoms with Crippen LogP contribution in [-0.2, 0) is 4.79 Å². The Morgan fingerprint density at radius 3 is 1.92 bits per heavy atom. The molecule has 1 N–H and O–H groups in total. The number of benzene rings is 1. The van der Waals surface area contributed by atoms with Gasteiger partial charge >= 0.3 is 0 Å². The molecule has 0 bridgehead atoms. The molecule has 1 amide bonds. The standard InChI is InChI=1S/C14H11ClF5N3O/c1-4-7(15)5(2)23(22-4)6(3)14(24)21-13-11(19)9(17)8(16)10(18)12(13)20/h6H,1-3H3,(H,21,24). The van der Waals surface area contributed by atoms with Crippen molar-refractivity contribution in [3.63, 3.8) is 0 Å². The molecule has 24 heavy (non-hydrogen) atoms. The molecule has 0 saturated heterocycles. The Balaban J connectivity index is 2.38. The van der Waals surface area contributed by atoms with E-state index in [1.54, 1.807) is 19.2 Å². The summed E-state index contributed by atoms with van der Waals surface area (Å²) in [6.45, 7) is 4.47. The Labute approximate surface area is 138 Å².